The molecular weight excluding hydrogens is 267 g/mol. The number of methoxy groups -OCH3 is 1. The van der Waals surface area contributed by atoms with Gasteiger partial charge in [0, 0.05) is 26.2 Å². The molecule has 0 bridgehead atoms. The van der Waals surface area contributed by atoms with Gasteiger partial charge in [-0.1, -0.05) is 36.4 Å². The van der Waals surface area contributed by atoms with Crippen molar-refractivity contribution in [3.63, 3.8) is 0 Å². The van der Waals surface area contributed by atoms with E-state index in [0.29, 0.717) is 13.1 Å². The van der Waals surface area contributed by atoms with Gasteiger partial charge in [0.1, 0.15) is 0 Å². The third kappa shape index (κ3) is 4.55. The molecule has 0 unspecified atom stereocenters. The molecule has 21 heavy (non-hydrogen) atoms. The van der Waals surface area contributed by atoms with E-state index in [0.717, 1.165) is 18.7 Å². The monoisotopic (exact) mass is 288 g/mol. The Hall–Kier alpha value is -1.91. The van der Waals surface area contributed by atoms with Crippen LogP contribution in [0.3, 0.4) is 0 Å². The van der Waals surface area contributed by atoms with Crippen molar-refractivity contribution in [2.45, 2.75) is 13.1 Å². The minimum Gasteiger partial charge on any atom is -0.494 e. The molecule has 2 rings (SSSR count). The first kappa shape index (κ1) is 15.5. The zero-order valence-electron chi connectivity index (χ0n) is 12.3. The van der Waals surface area contributed by atoms with Crippen LogP contribution in [0.5, 0.6) is 5.75 Å². The van der Waals surface area contributed by atoms with Crippen LogP contribution in [0.4, 0.5) is 4.39 Å². The first-order valence-corrected chi connectivity index (χ1v) is 7.01. The van der Waals surface area contributed by atoms with Crippen molar-refractivity contribution in [2.24, 2.45) is 5.73 Å². The van der Waals surface area contributed by atoms with Gasteiger partial charge in [0.05, 0.1) is 7.11 Å². The van der Waals surface area contributed by atoms with Crippen LogP contribution in [-0.4, -0.2) is 25.1 Å². The fraction of sp³-hybridized carbons (Fsp3) is 0.294. The molecule has 2 aromatic carbocycles. The van der Waals surface area contributed by atoms with Gasteiger partial charge in [-0.25, -0.2) is 4.39 Å². The summed E-state index contributed by atoms with van der Waals surface area (Å²) in [6.07, 6.45) is 0. The Balaban J connectivity index is 2.07. The van der Waals surface area contributed by atoms with Gasteiger partial charge in [-0.3, -0.25) is 4.90 Å². The second-order valence-electron chi connectivity index (χ2n) is 4.95. The number of hydrogen-bond acceptors (Lipinski definition) is 3. The maximum Gasteiger partial charge on any atom is 0.165 e. The van der Waals surface area contributed by atoms with Crippen molar-refractivity contribution in [1.29, 1.82) is 0 Å². The maximum atomic E-state index is 13.7. The van der Waals surface area contributed by atoms with Crippen LogP contribution in [0.2, 0.25) is 0 Å². The molecule has 0 aliphatic heterocycles. The average Bonchev–Trinajstić information content (AvgIpc) is 2.49. The van der Waals surface area contributed by atoms with Gasteiger partial charge >= 0.3 is 0 Å². The highest BCUT2D eigenvalue weighted by Crippen LogP contribution is 2.19. The van der Waals surface area contributed by atoms with Crippen molar-refractivity contribution in [3.8, 4) is 5.75 Å². The number of ether oxygens (including phenoxy) is 1. The molecule has 2 aromatic rings. The lowest BCUT2D eigenvalue weighted by Gasteiger charge is -2.22. The summed E-state index contributed by atoms with van der Waals surface area (Å²) >= 11 is 0. The number of benzene rings is 2. The molecule has 112 valence electrons. The van der Waals surface area contributed by atoms with E-state index < -0.39 is 0 Å². The Kier molecular flexibility index (Phi) is 5.72. The van der Waals surface area contributed by atoms with Gasteiger partial charge in [-0.15, -0.1) is 0 Å². The number of nitrogens with zero attached hydrogens (tertiary/aromatic N) is 1. The van der Waals surface area contributed by atoms with Crippen molar-refractivity contribution >= 4 is 0 Å². The molecule has 0 spiro atoms. The Labute approximate surface area is 125 Å². The molecule has 0 atom stereocenters. The summed E-state index contributed by atoms with van der Waals surface area (Å²) in [4.78, 5) is 2.20. The topological polar surface area (TPSA) is 38.5 Å². The van der Waals surface area contributed by atoms with Crippen LogP contribution in [0.15, 0.2) is 48.5 Å². The highest BCUT2D eigenvalue weighted by molar-refractivity contribution is 5.29. The number of halogens is 1. The van der Waals surface area contributed by atoms with E-state index in [9.17, 15) is 4.39 Å². The fourth-order valence-corrected chi connectivity index (χ4v) is 2.30. The highest BCUT2D eigenvalue weighted by Gasteiger charge is 2.09. The van der Waals surface area contributed by atoms with E-state index >= 15 is 0 Å². The van der Waals surface area contributed by atoms with Crippen LogP contribution in [-0.2, 0) is 13.1 Å². The van der Waals surface area contributed by atoms with Crippen LogP contribution >= 0.6 is 0 Å². The molecule has 0 fully saturated rings. The summed E-state index contributed by atoms with van der Waals surface area (Å²) in [7, 11) is 1.47. The van der Waals surface area contributed by atoms with Crippen molar-refractivity contribution in [2.75, 3.05) is 20.2 Å². The van der Waals surface area contributed by atoms with Gasteiger partial charge in [-0.05, 0) is 23.3 Å². The van der Waals surface area contributed by atoms with Gasteiger partial charge < -0.3 is 10.5 Å². The van der Waals surface area contributed by atoms with Crippen molar-refractivity contribution in [1.82, 2.24) is 4.90 Å². The highest BCUT2D eigenvalue weighted by atomic mass is 19.1. The zero-order valence-corrected chi connectivity index (χ0v) is 12.3. The van der Waals surface area contributed by atoms with Gasteiger partial charge in [-0.2, -0.15) is 0 Å². The Bertz CT molecular complexity index is 560. The third-order valence-corrected chi connectivity index (χ3v) is 3.32. The summed E-state index contributed by atoms with van der Waals surface area (Å²) < 4.78 is 18.7. The average molecular weight is 288 g/mol. The SMILES string of the molecule is COc1ccc(CN(CCN)Cc2ccccc2)cc1F. The standard InChI is InChI=1S/C17H21FN2O/c1-21-17-8-7-15(11-16(17)18)13-20(10-9-19)12-14-5-3-2-4-6-14/h2-8,11H,9-10,12-13,19H2,1H3. The third-order valence-electron chi connectivity index (χ3n) is 3.32. The quantitative estimate of drug-likeness (QED) is 0.851. The predicted octanol–water partition coefficient (Wildman–Crippen LogP) is 2.80. The minimum absolute atomic E-state index is 0.271. The van der Waals surface area contributed by atoms with Crippen LogP contribution in [0.25, 0.3) is 0 Å². The second-order valence-corrected chi connectivity index (χ2v) is 4.95. The van der Waals surface area contributed by atoms with Crippen molar-refractivity contribution in [3.05, 3.63) is 65.5 Å². The smallest absolute Gasteiger partial charge is 0.165 e. The molecule has 4 heteroatoms. The van der Waals surface area contributed by atoms with Crippen LogP contribution in [0, 0.1) is 5.82 Å². The molecule has 0 aliphatic carbocycles. The van der Waals surface area contributed by atoms with E-state index in [1.807, 2.05) is 24.3 Å². The first-order chi connectivity index (χ1) is 10.2. The molecule has 3 nitrogen and oxygen atoms in total. The maximum absolute atomic E-state index is 13.7. The number of nitrogens with two attached hydrogens (primary N) is 1. The molecule has 0 aliphatic rings. The normalized spacial score (nSPS) is 10.9. The van der Waals surface area contributed by atoms with E-state index in [1.165, 1.54) is 18.7 Å². The Morgan fingerprint density at radius 2 is 1.76 bits per heavy atom. The van der Waals surface area contributed by atoms with E-state index in [2.05, 4.69) is 17.0 Å². The Morgan fingerprint density at radius 3 is 2.38 bits per heavy atom. The second kappa shape index (κ2) is 7.76. The summed E-state index contributed by atoms with van der Waals surface area (Å²) in [5.74, 6) is -0.0606. The van der Waals surface area contributed by atoms with Gasteiger partial charge in [0.25, 0.3) is 0 Å². The predicted molar refractivity (Wildman–Crippen MR) is 82.6 cm³/mol. The molecule has 0 heterocycles. The zero-order chi connectivity index (χ0) is 15.1. The summed E-state index contributed by atoms with van der Waals surface area (Å²) in [6.45, 7) is 2.80. The van der Waals surface area contributed by atoms with Crippen LogP contribution in [0.1, 0.15) is 11.1 Å². The molecule has 0 saturated heterocycles. The fourth-order valence-electron chi connectivity index (χ4n) is 2.30. The Morgan fingerprint density at radius 1 is 1.05 bits per heavy atom. The van der Waals surface area contributed by atoms with Gasteiger partial charge in [0.2, 0.25) is 0 Å². The summed E-state index contributed by atoms with van der Waals surface area (Å²) in [5.41, 5.74) is 7.81. The molecule has 0 saturated carbocycles. The van der Waals surface area contributed by atoms with Gasteiger partial charge in [0.15, 0.2) is 11.6 Å². The number of hydrogen-bond donors (Lipinski definition) is 1. The molecule has 2 N–H and O–H groups in total. The van der Waals surface area contributed by atoms with Crippen LogP contribution < -0.4 is 10.5 Å². The summed E-state index contributed by atoms with van der Waals surface area (Å²) in [6, 6.07) is 15.3. The largest absolute Gasteiger partial charge is 0.494 e. The lowest BCUT2D eigenvalue weighted by atomic mass is 10.1. The minimum atomic E-state index is -0.331. The lowest BCUT2D eigenvalue weighted by molar-refractivity contribution is 0.263. The first-order valence-electron chi connectivity index (χ1n) is 7.01. The van der Waals surface area contributed by atoms with E-state index in [-0.39, 0.29) is 11.6 Å². The van der Waals surface area contributed by atoms with E-state index in [4.69, 9.17) is 10.5 Å². The van der Waals surface area contributed by atoms with E-state index in [1.54, 1.807) is 6.07 Å². The molecule has 0 aromatic heterocycles. The number of rotatable bonds is 7. The molecule has 0 amide bonds. The van der Waals surface area contributed by atoms with Crippen molar-refractivity contribution < 1.29 is 9.13 Å². The summed E-state index contributed by atoms with van der Waals surface area (Å²) in [5, 5.41) is 0. The molecule has 0 radical (unpaired) electrons. The lowest BCUT2D eigenvalue weighted by Crippen LogP contribution is -2.28. The molecular formula is C17H21FN2O.